The van der Waals surface area contributed by atoms with E-state index in [0.717, 1.165) is 18.9 Å². The Morgan fingerprint density at radius 2 is 1.85 bits per heavy atom. The number of nitrogen functional groups attached to an aromatic ring is 1. The highest BCUT2D eigenvalue weighted by atomic mass is 35.5. The van der Waals surface area contributed by atoms with Crippen LogP contribution in [0, 0.1) is 5.41 Å². The van der Waals surface area contributed by atoms with Gasteiger partial charge in [0.1, 0.15) is 5.02 Å². The SMILES string of the molecule is NNc1ncc(Cl)c(N2CCC3(CCCCC3)CC2)n1. The highest BCUT2D eigenvalue weighted by molar-refractivity contribution is 6.32. The van der Waals surface area contributed by atoms with Gasteiger partial charge in [-0.05, 0) is 31.1 Å². The Hall–Kier alpha value is -1.07. The molecule has 3 N–H and O–H groups in total. The number of hydrogen-bond acceptors (Lipinski definition) is 5. The van der Waals surface area contributed by atoms with Crippen molar-refractivity contribution in [2.24, 2.45) is 11.3 Å². The van der Waals surface area contributed by atoms with E-state index in [4.69, 9.17) is 17.4 Å². The molecule has 5 nitrogen and oxygen atoms in total. The van der Waals surface area contributed by atoms with Crippen LogP contribution in [0.15, 0.2) is 6.20 Å². The smallest absolute Gasteiger partial charge is 0.239 e. The first kappa shape index (κ1) is 13.9. The number of anilines is 2. The molecule has 2 aliphatic rings. The number of rotatable bonds is 2. The molecule has 1 saturated heterocycles. The molecule has 1 aliphatic carbocycles. The molecule has 0 amide bonds. The third-order valence-electron chi connectivity index (χ3n) is 4.89. The lowest BCUT2D eigenvalue weighted by molar-refractivity contribution is 0.144. The topological polar surface area (TPSA) is 67.1 Å². The lowest BCUT2D eigenvalue weighted by Gasteiger charge is -2.44. The van der Waals surface area contributed by atoms with Crippen LogP contribution in [0.4, 0.5) is 11.8 Å². The van der Waals surface area contributed by atoms with E-state index in [1.54, 1.807) is 6.20 Å². The van der Waals surface area contributed by atoms with Crippen LogP contribution in [-0.2, 0) is 0 Å². The molecule has 0 atom stereocenters. The third-order valence-corrected chi connectivity index (χ3v) is 5.16. The highest BCUT2D eigenvalue weighted by Gasteiger charge is 2.36. The molecule has 2 heterocycles. The third kappa shape index (κ3) is 2.69. The zero-order chi connectivity index (χ0) is 14.0. The molecule has 1 aliphatic heterocycles. The van der Waals surface area contributed by atoms with Gasteiger partial charge in [0.15, 0.2) is 5.82 Å². The van der Waals surface area contributed by atoms with Gasteiger partial charge < -0.3 is 4.90 Å². The summed E-state index contributed by atoms with van der Waals surface area (Å²) in [6.07, 6.45) is 11.1. The van der Waals surface area contributed by atoms with Crippen LogP contribution in [-0.4, -0.2) is 23.1 Å². The van der Waals surface area contributed by atoms with Crippen LogP contribution in [0.25, 0.3) is 0 Å². The minimum Gasteiger partial charge on any atom is -0.355 e. The Morgan fingerprint density at radius 3 is 2.50 bits per heavy atom. The predicted octanol–water partition coefficient (Wildman–Crippen LogP) is 2.97. The van der Waals surface area contributed by atoms with Gasteiger partial charge in [-0.25, -0.2) is 10.8 Å². The van der Waals surface area contributed by atoms with Crippen molar-refractivity contribution in [3.8, 4) is 0 Å². The number of halogens is 1. The van der Waals surface area contributed by atoms with E-state index >= 15 is 0 Å². The second-order valence-electron chi connectivity index (χ2n) is 6.06. The summed E-state index contributed by atoms with van der Waals surface area (Å²) < 4.78 is 0. The molecule has 1 spiro atoms. The van der Waals surface area contributed by atoms with E-state index in [9.17, 15) is 0 Å². The van der Waals surface area contributed by atoms with Crippen LogP contribution in [0.3, 0.4) is 0 Å². The average molecular weight is 296 g/mol. The van der Waals surface area contributed by atoms with E-state index in [1.165, 1.54) is 44.9 Å². The summed E-state index contributed by atoms with van der Waals surface area (Å²) in [5.41, 5.74) is 3.07. The minimum absolute atomic E-state index is 0.419. The van der Waals surface area contributed by atoms with Gasteiger partial charge in [-0.3, -0.25) is 5.43 Å². The normalized spacial score (nSPS) is 22.0. The Kier molecular flexibility index (Phi) is 3.98. The maximum Gasteiger partial charge on any atom is 0.239 e. The fourth-order valence-electron chi connectivity index (χ4n) is 3.64. The summed E-state index contributed by atoms with van der Waals surface area (Å²) in [6.45, 7) is 2.06. The molecule has 1 saturated carbocycles. The molecule has 0 radical (unpaired) electrons. The maximum atomic E-state index is 6.23. The molecule has 6 heteroatoms. The highest BCUT2D eigenvalue weighted by Crippen LogP contribution is 2.45. The van der Waals surface area contributed by atoms with E-state index in [-0.39, 0.29) is 0 Å². The lowest BCUT2D eigenvalue weighted by atomic mass is 9.68. The fourth-order valence-corrected chi connectivity index (χ4v) is 3.85. The summed E-state index contributed by atoms with van der Waals surface area (Å²) in [5.74, 6) is 6.60. The van der Waals surface area contributed by atoms with Gasteiger partial charge in [0.05, 0.1) is 6.20 Å². The van der Waals surface area contributed by atoms with Gasteiger partial charge in [0.2, 0.25) is 5.95 Å². The molecule has 0 unspecified atom stereocenters. The van der Waals surface area contributed by atoms with Crippen molar-refractivity contribution >= 4 is 23.4 Å². The largest absolute Gasteiger partial charge is 0.355 e. The predicted molar refractivity (Wildman–Crippen MR) is 81.8 cm³/mol. The molecule has 20 heavy (non-hydrogen) atoms. The first-order valence-corrected chi connectivity index (χ1v) is 7.84. The summed E-state index contributed by atoms with van der Waals surface area (Å²) in [5, 5.41) is 0.601. The van der Waals surface area contributed by atoms with Crippen LogP contribution in [0.2, 0.25) is 5.02 Å². The van der Waals surface area contributed by atoms with Crippen LogP contribution >= 0.6 is 11.6 Å². The fraction of sp³-hybridized carbons (Fsp3) is 0.714. The Bertz CT molecular complexity index is 463. The molecule has 3 rings (SSSR count). The molecule has 1 aromatic heterocycles. The first-order chi connectivity index (χ1) is 9.72. The number of nitrogens with two attached hydrogens (primary N) is 1. The van der Waals surface area contributed by atoms with Crippen molar-refractivity contribution < 1.29 is 0 Å². The van der Waals surface area contributed by atoms with Gasteiger partial charge in [0.25, 0.3) is 0 Å². The number of hydrazine groups is 1. The van der Waals surface area contributed by atoms with Crippen molar-refractivity contribution in [3.63, 3.8) is 0 Å². The van der Waals surface area contributed by atoms with E-state index in [2.05, 4.69) is 20.3 Å². The second-order valence-corrected chi connectivity index (χ2v) is 6.46. The van der Waals surface area contributed by atoms with E-state index in [1.807, 2.05) is 0 Å². The van der Waals surface area contributed by atoms with Crippen molar-refractivity contribution in [1.82, 2.24) is 9.97 Å². The zero-order valence-corrected chi connectivity index (χ0v) is 12.5. The molecule has 0 bridgehead atoms. The second kappa shape index (κ2) is 5.74. The average Bonchev–Trinajstić information content (AvgIpc) is 2.50. The molecule has 110 valence electrons. The van der Waals surface area contributed by atoms with Crippen molar-refractivity contribution in [3.05, 3.63) is 11.2 Å². The van der Waals surface area contributed by atoms with Crippen molar-refractivity contribution in [2.45, 2.75) is 44.9 Å². The minimum atomic E-state index is 0.419. The monoisotopic (exact) mass is 295 g/mol. The number of aromatic nitrogens is 2. The maximum absolute atomic E-state index is 6.23. The van der Waals surface area contributed by atoms with E-state index < -0.39 is 0 Å². The molecule has 2 fully saturated rings. The van der Waals surface area contributed by atoms with Gasteiger partial charge >= 0.3 is 0 Å². The number of hydrogen-bond donors (Lipinski definition) is 2. The number of piperidine rings is 1. The summed E-state index contributed by atoms with van der Waals surface area (Å²) in [4.78, 5) is 10.7. The Balaban J connectivity index is 1.71. The van der Waals surface area contributed by atoms with Crippen LogP contribution in [0.1, 0.15) is 44.9 Å². The quantitative estimate of drug-likeness (QED) is 0.648. The van der Waals surface area contributed by atoms with Gasteiger partial charge in [-0.1, -0.05) is 30.9 Å². The van der Waals surface area contributed by atoms with Gasteiger partial charge in [0, 0.05) is 13.1 Å². The molecular weight excluding hydrogens is 274 g/mol. The Morgan fingerprint density at radius 1 is 1.15 bits per heavy atom. The summed E-state index contributed by atoms with van der Waals surface area (Å²) in [6, 6.07) is 0. The standard InChI is InChI=1S/C14H22ClN5/c15-11-10-17-13(19-16)18-12(11)20-8-6-14(7-9-20)4-2-1-3-5-14/h10H,1-9,16H2,(H,17,18,19). The summed E-state index contributed by atoms with van der Waals surface area (Å²) >= 11 is 6.23. The van der Waals surface area contributed by atoms with Crippen LogP contribution in [0.5, 0.6) is 0 Å². The lowest BCUT2D eigenvalue weighted by Crippen LogP contribution is -2.41. The van der Waals surface area contributed by atoms with Gasteiger partial charge in [-0.15, -0.1) is 0 Å². The first-order valence-electron chi connectivity index (χ1n) is 7.47. The van der Waals surface area contributed by atoms with E-state index in [0.29, 0.717) is 16.4 Å². The number of nitrogens with zero attached hydrogens (tertiary/aromatic N) is 3. The Labute approximate surface area is 124 Å². The molecule has 1 aromatic rings. The van der Waals surface area contributed by atoms with Crippen molar-refractivity contribution in [2.75, 3.05) is 23.4 Å². The number of nitrogens with one attached hydrogen (secondary N) is 1. The van der Waals surface area contributed by atoms with Crippen molar-refractivity contribution in [1.29, 1.82) is 0 Å². The van der Waals surface area contributed by atoms with Gasteiger partial charge in [-0.2, -0.15) is 4.98 Å². The van der Waals surface area contributed by atoms with Crippen LogP contribution < -0.4 is 16.2 Å². The molecule has 0 aromatic carbocycles. The zero-order valence-electron chi connectivity index (χ0n) is 11.7. The molecular formula is C14H22ClN5. The summed E-state index contributed by atoms with van der Waals surface area (Å²) in [7, 11) is 0.